The predicted octanol–water partition coefficient (Wildman–Crippen LogP) is 1.04. The summed E-state index contributed by atoms with van der Waals surface area (Å²) >= 11 is 0. The fourth-order valence-corrected chi connectivity index (χ4v) is 3.16. The molecule has 0 saturated carbocycles. The maximum Gasteiger partial charge on any atom is 0.322 e. The summed E-state index contributed by atoms with van der Waals surface area (Å²) in [6.07, 6.45) is 0.844. The number of piperidine rings is 1. The van der Waals surface area contributed by atoms with Crippen LogP contribution in [0.2, 0.25) is 0 Å². The summed E-state index contributed by atoms with van der Waals surface area (Å²) in [7, 11) is 0. The van der Waals surface area contributed by atoms with Gasteiger partial charge >= 0.3 is 6.03 Å². The summed E-state index contributed by atoms with van der Waals surface area (Å²) in [4.78, 5) is 37.7. The second-order valence-electron chi connectivity index (χ2n) is 6.14. The fraction of sp³-hybridized carbons (Fsp3) is 0.471. The molecular weight excluding hydrogens is 310 g/mol. The maximum atomic E-state index is 12.7. The molecule has 1 atom stereocenters. The minimum Gasteiger partial charge on any atom is -0.481 e. The Labute approximate surface area is 140 Å². The molecule has 2 heterocycles. The number of imide groups is 1. The van der Waals surface area contributed by atoms with Crippen LogP contribution in [0.25, 0.3) is 0 Å². The highest BCUT2D eigenvalue weighted by Crippen LogP contribution is 2.26. The molecule has 2 aliphatic rings. The van der Waals surface area contributed by atoms with Crippen molar-refractivity contribution in [1.82, 2.24) is 15.5 Å². The van der Waals surface area contributed by atoms with Gasteiger partial charge in [0, 0.05) is 13.1 Å². The number of hydrogen-bond donors (Lipinski definition) is 2. The number of nitrogens with zero attached hydrogens (tertiary/aromatic N) is 1. The van der Waals surface area contributed by atoms with E-state index < -0.39 is 17.7 Å². The highest BCUT2D eigenvalue weighted by molar-refractivity contribution is 6.07. The number of rotatable bonds is 4. The lowest BCUT2D eigenvalue weighted by atomic mass is 9.87. The quantitative estimate of drug-likeness (QED) is 0.807. The number of urea groups is 1. The van der Waals surface area contributed by atoms with Crippen LogP contribution >= 0.6 is 0 Å². The molecule has 0 aliphatic carbocycles. The normalized spacial score (nSPS) is 20.5. The number of carbonyl (C=O) groups is 3. The SMILES string of the molecule is CC[C@@H](Oc1ccccc1)C(=O)N1CCC2(CC1)NC(=O)NC2=O. The number of hydrogen-bond acceptors (Lipinski definition) is 4. The van der Waals surface area contributed by atoms with Gasteiger partial charge in [-0.15, -0.1) is 0 Å². The Hall–Kier alpha value is -2.57. The number of benzene rings is 1. The molecule has 1 spiro atoms. The van der Waals surface area contributed by atoms with Crippen molar-refractivity contribution in [2.75, 3.05) is 13.1 Å². The fourth-order valence-electron chi connectivity index (χ4n) is 3.16. The van der Waals surface area contributed by atoms with Crippen molar-refractivity contribution in [2.45, 2.75) is 37.8 Å². The molecule has 2 saturated heterocycles. The third-order valence-corrected chi connectivity index (χ3v) is 4.61. The second kappa shape index (κ2) is 6.51. The Morgan fingerprint density at radius 3 is 2.46 bits per heavy atom. The van der Waals surface area contributed by atoms with Crippen LogP contribution in [0.1, 0.15) is 26.2 Å². The first-order valence-corrected chi connectivity index (χ1v) is 8.18. The summed E-state index contributed by atoms with van der Waals surface area (Å²) in [6, 6.07) is 8.79. The molecule has 24 heavy (non-hydrogen) atoms. The van der Waals surface area contributed by atoms with Crippen molar-refractivity contribution in [2.24, 2.45) is 0 Å². The van der Waals surface area contributed by atoms with Crippen LogP contribution < -0.4 is 15.4 Å². The van der Waals surface area contributed by atoms with E-state index in [-0.39, 0.29) is 11.8 Å². The topological polar surface area (TPSA) is 87.7 Å². The number of carbonyl (C=O) groups excluding carboxylic acids is 3. The van der Waals surface area contributed by atoms with Crippen molar-refractivity contribution < 1.29 is 19.1 Å². The molecule has 0 bridgehead atoms. The van der Waals surface area contributed by atoms with Crippen molar-refractivity contribution in [3.8, 4) is 5.75 Å². The van der Waals surface area contributed by atoms with Gasteiger partial charge in [0.25, 0.3) is 11.8 Å². The van der Waals surface area contributed by atoms with Gasteiger partial charge in [-0.05, 0) is 31.4 Å². The lowest BCUT2D eigenvalue weighted by Crippen LogP contribution is -2.57. The number of likely N-dealkylation sites (tertiary alicyclic amines) is 1. The Morgan fingerprint density at radius 2 is 1.92 bits per heavy atom. The minimum atomic E-state index is -0.865. The molecule has 1 aromatic carbocycles. The van der Waals surface area contributed by atoms with Crippen LogP contribution in [0.3, 0.4) is 0 Å². The van der Waals surface area contributed by atoms with E-state index in [2.05, 4.69) is 10.6 Å². The molecule has 2 N–H and O–H groups in total. The number of nitrogens with one attached hydrogen (secondary N) is 2. The summed E-state index contributed by atoms with van der Waals surface area (Å²) in [5.74, 6) is 0.279. The van der Waals surface area contributed by atoms with Crippen molar-refractivity contribution in [3.05, 3.63) is 30.3 Å². The van der Waals surface area contributed by atoms with Crippen LogP contribution in [0, 0.1) is 0 Å². The number of ether oxygens (including phenoxy) is 1. The molecule has 0 aromatic heterocycles. The van der Waals surface area contributed by atoms with Gasteiger partial charge in [0.2, 0.25) is 0 Å². The Bertz CT molecular complexity index is 638. The zero-order valence-corrected chi connectivity index (χ0v) is 13.6. The van der Waals surface area contributed by atoms with Gasteiger partial charge in [0.1, 0.15) is 11.3 Å². The van der Waals surface area contributed by atoms with Crippen molar-refractivity contribution >= 4 is 17.8 Å². The van der Waals surface area contributed by atoms with Crippen LogP contribution in [0.5, 0.6) is 5.75 Å². The molecule has 2 fully saturated rings. The largest absolute Gasteiger partial charge is 0.481 e. The average molecular weight is 331 g/mol. The van der Waals surface area contributed by atoms with E-state index in [0.29, 0.717) is 38.1 Å². The van der Waals surface area contributed by atoms with E-state index in [1.54, 1.807) is 4.90 Å². The van der Waals surface area contributed by atoms with Gasteiger partial charge in [0.05, 0.1) is 0 Å². The second-order valence-corrected chi connectivity index (χ2v) is 6.14. The highest BCUT2D eigenvalue weighted by atomic mass is 16.5. The molecule has 3 rings (SSSR count). The third-order valence-electron chi connectivity index (χ3n) is 4.61. The van der Waals surface area contributed by atoms with Crippen molar-refractivity contribution in [3.63, 3.8) is 0 Å². The summed E-state index contributed by atoms with van der Waals surface area (Å²) in [5, 5.41) is 4.96. The van der Waals surface area contributed by atoms with E-state index in [1.165, 1.54) is 0 Å². The first-order chi connectivity index (χ1) is 11.5. The Balaban J connectivity index is 1.61. The first kappa shape index (κ1) is 16.3. The highest BCUT2D eigenvalue weighted by Gasteiger charge is 2.48. The minimum absolute atomic E-state index is 0.0825. The predicted molar refractivity (Wildman–Crippen MR) is 86.4 cm³/mol. The van der Waals surface area contributed by atoms with Gasteiger partial charge in [-0.25, -0.2) is 4.79 Å². The molecule has 128 valence electrons. The lowest BCUT2D eigenvalue weighted by molar-refractivity contribution is -0.142. The monoisotopic (exact) mass is 331 g/mol. The van der Waals surface area contributed by atoms with Gasteiger partial charge in [-0.3, -0.25) is 14.9 Å². The molecule has 4 amide bonds. The molecular formula is C17H21N3O4. The molecule has 0 radical (unpaired) electrons. The zero-order valence-electron chi connectivity index (χ0n) is 13.6. The van der Waals surface area contributed by atoms with Gasteiger partial charge in [-0.2, -0.15) is 0 Å². The van der Waals surface area contributed by atoms with Gasteiger partial charge < -0.3 is 15.0 Å². The van der Waals surface area contributed by atoms with Crippen LogP contribution in [0.4, 0.5) is 4.79 Å². The van der Waals surface area contributed by atoms with E-state index in [9.17, 15) is 14.4 Å². The smallest absolute Gasteiger partial charge is 0.322 e. The Morgan fingerprint density at radius 1 is 1.25 bits per heavy atom. The first-order valence-electron chi connectivity index (χ1n) is 8.18. The van der Waals surface area contributed by atoms with E-state index in [1.807, 2.05) is 37.3 Å². The average Bonchev–Trinajstić information content (AvgIpc) is 2.87. The maximum absolute atomic E-state index is 12.7. The third kappa shape index (κ3) is 3.06. The molecule has 2 aliphatic heterocycles. The van der Waals surface area contributed by atoms with Crippen molar-refractivity contribution in [1.29, 1.82) is 0 Å². The summed E-state index contributed by atoms with van der Waals surface area (Å²) in [5.41, 5.74) is -0.865. The molecule has 0 unspecified atom stereocenters. The Kier molecular flexibility index (Phi) is 4.42. The summed E-state index contributed by atoms with van der Waals surface area (Å²) in [6.45, 7) is 2.74. The van der Waals surface area contributed by atoms with Crippen LogP contribution in [0.15, 0.2) is 30.3 Å². The van der Waals surface area contributed by atoms with Crippen LogP contribution in [-0.2, 0) is 9.59 Å². The number of amides is 4. The van der Waals surface area contributed by atoms with Crippen LogP contribution in [-0.4, -0.2) is 47.5 Å². The summed E-state index contributed by atoms with van der Waals surface area (Å²) < 4.78 is 5.79. The van der Waals surface area contributed by atoms with E-state index >= 15 is 0 Å². The lowest BCUT2D eigenvalue weighted by Gasteiger charge is -2.38. The van der Waals surface area contributed by atoms with Gasteiger partial charge in [-0.1, -0.05) is 25.1 Å². The van der Waals surface area contributed by atoms with E-state index in [4.69, 9.17) is 4.74 Å². The zero-order chi connectivity index (χ0) is 17.2. The number of para-hydroxylation sites is 1. The van der Waals surface area contributed by atoms with Gasteiger partial charge in [0.15, 0.2) is 6.10 Å². The standard InChI is InChI=1S/C17H21N3O4/c1-2-13(24-12-6-4-3-5-7-12)14(21)20-10-8-17(9-11-20)15(22)18-16(23)19-17/h3-7,13H,2,8-11H2,1H3,(H2,18,19,22,23)/t13-/m1/s1. The molecule has 7 nitrogen and oxygen atoms in total. The molecule has 1 aromatic rings. The molecule has 7 heteroatoms. The van der Waals surface area contributed by atoms with E-state index in [0.717, 1.165) is 0 Å².